The lowest BCUT2D eigenvalue weighted by atomic mass is 10.1. The summed E-state index contributed by atoms with van der Waals surface area (Å²) in [5, 5.41) is 0. The van der Waals surface area contributed by atoms with Gasteiger partial charge in [-0.2, -0.15) is 0 Å². The third-order valence-corrected chi connectivity index (χ3v) is 4.25. The Hall–Kier alpha value is -2.50. The highest BCUT2D eigenvalue weighted by Crippen LogP contribution is 2.25. The summed E-state index contributed by atoms with van der Waals surface area (Å²) in [6, 6.07) is 7.25. The zero-order valence-corrected chi connectivity index (χ0v) is 15.1. The lowest BCUT2D eigenvalue weighted by Crippen LogP contribution is -2.43. The van der Waals surface area contributed by atoms with Crippen molar-refractivity contribution in [2.24, 2.45) is 0 Å². The van der Waals surface area contributed by atoms with E-state index in [9.17, 15) is 4.79 Å². The van der Waals surface area contributed by atoms with Crippen molar-refractivity contribution in [1.29, 1.82) is 0 Å². The van der Waals surface area contributed by atoms with Crippen LogP contribution >= 0.6 is 0 Å². The number of carbonyl (C=O) groups is 1. The predicted molar refractivity (Wildman–Crippen MR) is 92.8 cm³/mol. The van der Waals surface area contributed by atoms with Crippen molar-refractivity contribution in [2.45, 2.75) is 45.8 Å². The smallest absolute Gasteiger partial charge is 0.263 e. The number of benzene rings is 1. The summed E-state index contributed by atoms with van der Waals surface area (Å²) in [5.74, 6) is 3.13. The molecule has 134 valence electrons. The Bertz CT molecular complexity index is 754. The molecule has 0 saturated heterocycles. The summed E-state index contributed by atoms with van der Waals surface area (Å²) in [6.07, 6.45) is 0.109. The monoisotopic (exact) mass is 344 g/mol. The lowest BCUT2D eigenvalue weighted by molar-refractivity contribution is -0.139. The quantitative estimate of drug-likeness (QED) is 0.834. The van der Waals surface area contributed by atoms with Crippen LogP contribution in [-0.2, 0) is 17.8 Å². The van der Waals surface area contributed by atoms with Crippen LogP contribution in [0.25, 0.3) is 0 Å². The van der Waals surface area contributed by atoms with E-state index in [1.54, 1.807) is 25.0 Å². The minimum atomic E-state index is -0.579. The molecule has 0 spiro atoms. The van der Waals surface area contributed by atoms with Crippen molar-refractivity contribution >= 4 is 5.91 Å². The number of methoxy groups -OCH3 is 1. The second-order valence-corrected chi connectivity index (χ2v) is 6.53. The summed E-state index contributed by atoms with van der Waals surface area (Å²) in [6.45, 7) is 6.94. The van der Waals surface area contributed by atoms with Gasteiger partial charge in [0.1, 0.15) is 23.0 Å². The fourth-order valence-corrected chi connectivity index (χ4v) is 2.84. The van der Waals surface area contributed by atoms with Crippen LogP contribution in [0.3, 0.4) is 0 Å². The molecule has 25 heavy (non-hydrogen) atoms. The highest BCUT2D eigenvalue weighted by molar-refractivity contribution is 5.81. The number of ether oxygens (including phenoxy) is 2. The third-order valence-electron chi connectivity index (χ3n) is 4.25. The molecule has 1 unspecified atom stereocenters. The van der Waals surface area contributed by atoms with Gasteiger partial charge in [-0.15, -0.1) is 0 Å². The van der Waals surface area contributed by atoms with Gasteiger partial charge in [0.15, 0.2) is 12.0 Å². The van der Waals surface area contributed by atoms with Gasteiger partial charge in [0.25, 0.3) is 5.91 Å². The second kappa shape index (κ2) is 7.17. The first-order valence-electron chi connectivity index (χ1n) is 8.56. The fraction of sp³-hybridized carbons (Fsp3) is 0.474. The van der Waals surface area contributed by atoms with E-state index >= 15 is 0 Å². The van der Waals surface area contributed by atoms with E-state index in [1.165, 1.54) is 0 Å². The Kier molecular flexibility index (Phi) is 4.97. The van der Waals surface area contributed by atoms with Gasteiger partial charge < -0.3 is 18.8 Å². The van der Waals surface area contributed by atoms with E-state index in [4.69, 9.17) is 13.9 Å². The predicted octanol–water partition coefficient (Wildman–Crippen LogP) is 3.16. The first kappa shape index (κ1) is 17.3. The van der Waals surface area contributed by atoms with Crippen molar-refractivity contribution in [3.8, 4) is 11.5 Å². The van der Waals surface area contributed by atoms with Crippen LogP contribution in [0.4, 0.5) is 0 Å². The van der Waals surface area contributed by atoms with Crippen LogP contribution in [-0.4, -0.2) is 35.5 Å². The summed E-state index contributed by atoms with van der Waals surface area (Å²) in [5.41, 5.74) is 0.858. The van der Waals surface area contributed by atoms with Crippen LogP contribution in [0.1, 0.15) is 44.0 Å². The van der Waals surface area contributed by atoms with E-state index in [2.05, 4.69) is 4.98 Å². The maximum atomic E-state index is 12.7. The first-order valence-corrected chi connectivity index (χ1v) is 8.56. The molecule has 0 N–H and O–H groups in total. The molecule has 0 fully saturated rings. The van der Waals surface area contributed by atoms with Crippen LogP contribution in [0.15, 0.2) is 28.7 Å². The van der Waals surface area contributed by atoms with Gasteiger partial charge in [-0.25, -0.2) is 4.98 Å². The normalized spacial score (nSPS) is 15.0. The summed E-state index contributed by atoms with van der Waals surface area (Å²) < 4.78 is 16.8. The summed E-state index contributed by atoms with van der Waals surface area (Å²) in [7, 11) is 1.60. The zero-order chi connectivity index (χ0) is 18.0. The standard InChI is InChI=1S/C19H24N2O4/c1-12(2)18-20-16-11-21(9-8-17(16)25-18)19(22)13(3)24-15-7-5-6-14(10-15)23-4/h5-7,10,12-13H,8-9,11H2,1-4H3. The second-order valence-electron chi connectivity index (χ2n) is 6.53. The molecule has 1 atom stereocenters. The third kappa shape index (κ3) is 3.78. The van der Waals surface area contributed by atoms with Crippen molar-refractivity contribution < 1.29 is 18.7 Å². The molecule has 0 aliphatic carbocycles. The van der Waals surface area contributed by atoms with Crippen LogP contribution in [0.5, 0.6) is 11.5 Å². The molecule has 1 aromatic carbocycles. The number of amides is 1. The van der Waals surface area contributed by atoms with Gasteiger partial charge >= 0.3 is 0 Å². The molecule has 6 nitrogen and oxygen atoms in total. The van der Waals surface area contributed by atoms with E-state index in [0.29, 0.717) is 31.0 Å². The molecule has 1 amide bonds. The molecule has 2 aromatic rings. The van der Waals surface area contributed by atoms with Gasteiger partial charge in [-0.3, -0.25) is 4.79 Å². The molecule has 2 heterocycles. The van der Waals surface area contributed by atoms with Crippen molar-refractivity contribution in [3.63, 3.8) is 0 Å². The minimum absolute atomic E-state index is 0.0532. The van der Waals surface area contributed by atoms with Gasteiger partial charge in [0.2, 0.25) is 0 Å². The van der Waals surface area contributed by atoms with E-state index in [-0.39, 0.29) is 11.8 Å². The average Bonchev–Trinajstić information content (AvgIpc) is 3.04. The molecule has 3 rings (SSSR count). The Labute approximate surface area is 147 Å². The Morgan fingerprint density at radius 2 is 2.04 bits per heavy atom. The highest BCUT2D eigenvalue weighted by atomic mass is 16.5. The molecular weight excluding hydrogens is 320 g/mol. The molecule has 1 aromatic heterocycles. The number of rotatable bonds is 5. The fourth-order valence-electron chi connectivity index (χ4n) is 2.84. The zero-order valence-electron chi connectivity index (χ0n) is 15.1. The largest absolute Gasteiger partial charge is 0.497 e. The van der Waals surface area contributed by atoms with Crippen molar-refractivity contribution in [2.75, 3.05) is 13.7 Å². The van der Waals surface area contributed by atoms with Crippen LogP contribution in [0.2, 0.25) is 0 Å². The molecule has 0 radical (unpaired) electrons. The number of oxazole rings is 1. The number of hydrogen-bond acceptors (Lipinski definition) is 5. The Morgan fingerprint density at radius 3 is 2.76 bits per heavy atom. The number of hydrogen-bond donors (Lipinski definition) is 0. The number of nitrogens with zero attached hydrogens (tertiary/aromatic N) is 2. The van der Waals surface area contributed by atoms with Gasteiger partial charge in [-0.05, 0) is 19.1 Å². The molecule has 6 heteroatoms. The molecular formula is C19H24N2O4. The van der Waals surface area contributed by atoms with E-state index in [0.717, 1.165) is 17.3 Å². The Balaban J connectivity index is 1.66. The van der Waals surface area contributed by atoms with Crippen LogP contribution in [0, 0.1) is 0 Å². The van der Waals surface area contributed by atoms with Gasteiger partial charge in [0, 0.05) is 24.9 Å². The highest BCUT2D eigenvalue weighted by Gasteiger charge is 2.29. The summed E-state index contributed by atoms with van der Waals surface area (Å²) >= 11 is 0. The van der Waals surface area contributed by atoms with E-state index < -0.39 is 6.10 Å². The summed E-state index contributed by atoms with van der Waals surface area (Å²) in [4.78, 5) is 19.0. The maximum Gasteiger partial charge on any atom is 0.263 e. The first-order chi connectivity index (χ1) is 12.0. The number of fused-ring (bicyclic) bond motifs is 1. The van der Waals surface area contributed by atoms with E-state index in [1.807, 2.05) is 32.0 Å². The topological polar surface area (TPSA) is 64.8 Å². The van der Waals surface area contributed by atoms with Gasteiger partial charge in [0.05, 0.1) is 13.7 Å². The Morgan fingerprint density at radius 1 is 1.28 bits per heavy atom. The van der Waals surface area contributed by atoms with Crippen LogP contribution < -0.4 is 9.47 Å². The number of aromatic nitrogens is 1. The molecule has 1 aliphatic rings. The maximum absolute atomic E-state index is 12.7. The molecule has 0 bridgehead atoms. The van der Waals surface area contributed by atoms with Crippen molar-refractivity contribution in [1.82, 2.24) is 9.88 Å². The van der Waals surface area contributed by atoms with Crippen molar-refractivity contribution in [3.05, 3.63) is 41.6 Å². The molecule has 1 aliphatic heterocycles. The molecule has 0 saturated carbocycles. The van der Waals surface area contributed by atoms with Gasteiger partial charge in [-0.1, -0.05) is 19.9 Å². The SMILES string of the molecule is COc1cccc(OC(C)C(=O)N2CCc3oc(C(C)C)nc3C2)c1. The number of carbonyl (C=O) groups excluding carboxylic acids is 1. The average molecular weight is 344 g/mol. The lowest BCUT2D eigenvalue weighted by Gasteiger charge is -2.28. The minimum Gasteiger partial charge on any atom is -0.497 e.